The van der Waals surface area contributed by atoms with Crippen molar-refractivity contribution in [2.24, 2.45) is 5.73 Å². The molecule has 0 radical (unpaired) electrons. The van der Waals surface area contributed by atoms with Crippen LogP contribution in [0.5, 0.6) is 0 Å². The molecule has 1 aliphatic rings. The second-order valence-electron chi connectivity index (χ2n) is 4.81. The summed E-state index contributed by atoms with van der Waals surface area (Å²) in [4.78, 5) is 2.52. The zero-order chi connectivity index (χ0) is 12.4. The number of benzene rings is 1. The summed E-state index contributed by atoms with van der Waals surface area (Å²) in [5.41, 5.74) is 8.55. The average Bonchev–Trinajstić information content (AvgIpc) is 3.11. The maximum Gasteiger partial charge on any atom is 0.0475 e. The molecule has 2 rings (SSSR count). The van der Waals surface area contributed by atoms with Crippen LogP contribution in [-0.2, 0) is 0 Å². The number of nitrogens with zero attached hydrogens (tertiary/aromatic N) is 1. The van der Waals surface area contributed by atoms with Gasteiger partial charge in [0.25, 0.3) is 0 Å². The van der Waals surface area contributed by atoms with E-state index in [0.717, 1.165) is 17.6 Å². The Morgan fingerprint density at radius 1 is 1.47 bits per heavy atom. The fourth-order valence-electron chi connectivity index (χ4n) is 2.59. The number of hydrogen-bond donors (Lipinski definition) is 1. The molecule has 2 nitrogen and oxygen atoms in total. The number of likely N-dealkylation sites (N-methyl/N-ethyl adjacent to an activating group) is 1. The quantitative estimate of drug-likeness (QED) is 0.873. The molecule has 1 saturated carbocycles. The SMILES string of the molecule is CCN(C1CC1)C(CN)c1ccc(Cl)cc1C. The van der Waals surface area contributed by atoms with Crippen molar-refractivity contribution in [3.8, 4) is 0 Å². The first-order valence-corrected chi connectivity index (χ1v) is 6.77. The fourth-order valence-corrected chi connectivity index (χ4v) is 2.82. The van der Waals surface area contributed by atoms with Crippen molar-refractivity contribution in [2.45, 2.75) is 38.8 Å². The van der Waals surface area contributed by atoms with E-state index in [0.29, 0.717) is 12.6 Å². The van der Waals surface area contributed by atoms with E-state index in [-0.39, 0.29) is 0 Å². The van der Waals surface area contributed by atoms with Crippen molar-refractivity contribution in [3.05, 3.63) is 34.3 Å². The van der Waals surface area contributed by atoms with Gasteiger partial charge in [0, 0.05) is 23.7 Å². The van der Waals surface area contributed by atoms with Crippen LogP contribution < -0.4 is 5.73 Å². The smallest absolute Gasteiger partial charge is 0.0475 e. The highest BCUT2D eigenvalue weighted by atomic mass is 35.5. The number of rotatable bonds is 5. The van der Waals surface area contributed by atoms with E-state index in [9.17, 15) is 0 Å². The Morgan fingerprint density at radius 2 is 2.18 bits per heavy atom. The zero-order valence-corrected chi connectivity index (χ0v) is 11.4. The van der Waals surface area contributed by atoms with Gasteiger partial charge in [-0.3, -0.25) is 4.90 Å². The zero-order valence-electron chi connectivity index (χ0n) is 10.6. The Balaban J connectivity index is 2.26. The van der Waals surface area contributed by atoms with E-state index in [1.807, 2.05) is 12.1 Å². The monoisotopic (exact) mass is 252 g/mol. The fraction of sp³-hybridized carbons (Fsp3) is 0.571. The van der Waals surface area contributed by atoms with Gasteiger partial charge in [0.05, 0.1) is 0 Å². The summed E-state index contributed by atoms with van der Waals surface area (Å²) in [6.45, 7) is 6.07. The molecule has 1 atom stereocenters. The van der Waals surface area contributed by atoms with Crippen LogP contribution >= 0.6 is 11.6 Å². The van der Waals surface area contributed by atoms with Crippen LogP contribution in [0.25, 0.3) is 0 Å². The number of aryl methyl sites for hydroxylation is 1. The van der Waals surface area contributed by atoms with Gasteiger partial charge >= 0.3 is 0 Å². The van der Waals surface area contributed by atoms with Crippen molar-refractivity contribution in [1.82, 2.24) is 4.90 Å². The lowest BCUT2D eigenvalue weighted by Crippen LogP contribution is -2.35. The molecule has 1 unspecified atom stereocenters. The van der Waals surface area contributed by atoms with Crippen molar-refractivity contribution >= 4 is 11.6 Å². The lowest BCUT2D eigenvalue weighted by atomic mass is 9.99. The Morgan fingerprint density at radius 3 is 2.65 bits per heavy atom. The van der Waals surface area contributed by atoms with Crippen molar-refractivity contribution in [2.75, 3.05) is 13.1 Å². The van der Waals surface area contributed by atoms with Crippen molar-refractivity contribution in [3.63, 3.8) is 0 Å². The highest BCUT2D eigenvalue weighted by Crippen LogP contribution is 2.35. The summed E-state index contributed by atoms with van der Waals surface area (Å²) in [7, 11) is 0. The summed E-state index contributed by atoms with van der Waals surface area (Å²) < 4.78 is 0. The van der Waals surface area contributed by atoms with Crippen LogP contribution in [0.4, 0.5) is 0 Å². The molecule has 0 aliphatic heterocycles. The van der Waals surface area contributed by atoms with Gasteiger partial charge in [-0.1, -0.05) is 24.6 Å². The van der Waals surface area contributed by atoms with E-state index in [2.05, 4.69) is 24.8 Å². The predicted octanol–water partition coefficient (Wildman–Crippen LogP) is 3.13. The minimum Gasteiger partial charge on any atom is -0.329 e. The Bertz CT molecular complexity index is 388. The molecule has 17 heavy (non-hydrogen) atoms. The second-order valence-corrected chi connectivity index (χ2v) is 5.25. The van der Waals surface area contributed by atoms with Gasteiger partial charge in [-0.25, -0.2) is 0 Å². The normalized spacial score (nSPS) is 17.5. The lowest BCUT2D eigenvalue weighted by Gasteiger charge is -2.31. The van der Waals surface area contributed by atoms with E-state index in [1.54, 1.807) is 0 Å². The third kappa shape index (κ3) is 2.82. The standard InChI is InChI=1S/C14H21ClN2/c1-3-17(12-5-6-12)14(9-16)13-7-4-11(15)8-10(13)2/h4,7-8,12,14H,3,5-6,9,16H2,1-2H3. The van der Waals surface area contributed by atoms with Crippen LogP contribution in [0, 0.1) is 6.92 Å². The molecular weight excluding hydrogens is 232 g/mol. The minimum absolute atomic E-state index is 0.338. The molecule has 0 saturated heterocycles. The van der Waals surface area contributed by atoms with Crippen LogP contribution in [-0.4, -0.2) is 24.0 Å². The largest absolute Gasteiger partial charge is 0.329 e. The van der Waals surface area contributed by atoms with Crippen molar-refractivity contribution < 1.29 is 0 Å². The van der Waals surface area contributed by atoms with Gasteiger partial charge in [-0.05, 0) is 49.6 Å². The molecule has 94 valence electrons. The molecule has 1 aromatic rings. The Hall–Kier alpha value is -0.570. The second kappa shape index (κ2) is 5.38. The van der Waals surface area contributed by atoms with Gasteiger partial charge in [0.2, 0.25) is 0 Å². The van der Waals surface area contributed by atoms with Gasteiger partial charge in [0.1, 0.15) is 0 Å². The molecule has 1 aliphatic carbocycles. The maximum atomic E-state index is 6.01. The summed E-state index contributed by atoms with van der Waals surface area (Å²) in [5, 5.41) is 0.802. The Kier molecular flexibility index (Phi) is 4.08. The topological polar surface area (TPSA) is 29.3 Å². The summed E-state index contributed by atoms with van der Waals surface area (Å²) in [6, 6.07) is 7.20. The van der Waals surface area contributed by atoms with E-state index >= 15 is 0 Å². The third-order valence-electron chi connectivity index (χ3n) is 3.60. The molecule has 1 fully saturated rings. The highest BCUT2D eigenvalue weighted by molar-refractivity contribution is 6.30. The summed E-state index contributed by atoms with van der Waals surface area (Å²) in [5.74, 6) is 0. The van der Waals surface area contributed by atoms with Gasteiger partial charge < -0.3 is 5.73 Å². The molecule has 3 heteroatoms. The summed E-state index contributed by atoms with van der Waals surface area (Å²) >= 11 is 6.01. The maximum absolute atomic E-state index is 6.01. The molecule has 0 spiro atoms. The number of nitrogens with two attached hydrogens (primary N) is 1. The minimum atomic E-state index is 0.338. The first kappa shape index (κ1) is 12.9. The van der Waals surface area contributed by atoms with E-state index in [4.69, 9.17) is 17.3 Å². The number of hydrogen-bond acceptors (Lipinski definition) is 2. The first-order chi connectivity index (χ1) is 8.17. The van der Waals surface area contributed by atoms with E-state index < -0.39 is 0 Å². The van der Waals surface area contributed by atoms with Crippen LogP contribution in [0.2, 0.25) is 5.02 Å². The molecule has 0 heterocycles. The molecule has 1 aromatic carbocycles. The molecular formula is C14H21ClN2. The van der Waals surface area contributed by atoms with Crippen LogP contribution in [0.3, 0.4) is 0 Å². The lowest BCUT2D eigenvalue weighted by molar-refractivity contribution is 0.201. The van der Waals surface area contributed by atoms with Crippen LogP contribution in [0.1, 0.15) is 36.9 Å². The molecule has 0 bridgehead atoms. The third-order valence-corrected chi connectivity index (χ3v) is 3.83. The predicted molar refractivity (Wildman–Crippen MR) is 73.4 cm³/mol. The van der Waals surface area contributed by atoms with Gasteiger partial charge in [-0.2, -0.15) is 0 Å². The Labute approximate surface area is 109 Å². The van der Waals surface area contributed by atoms with Gasteiger partial charge in [0.15, 0.2) is 0 Å². The van der Waals surface area contributed by atoms with E-state index in [1.165, 1.54) is 24.0 Å². The molecule has 2 N–H and O–H groups in total. The van der Waals surface area contributed by atoms with Gasteiger partial charge in [-0.15, -0.1) is 0 Å². The molecule has 0 aromatic heterocycles. The summed E-state index contributed by atoms with van der Waals surface area (Å²) in [6.07, 6.45) is 2.63. The highest BCUT2D eigenvalue weighted by Gasteiger charge is 2.33. The first-order valence-electron chi connectivity index (χ1n) is 6.39. The average molecular weight is 253 g/mol. The van der Waals surface area contributed by atoms with Crippen molar-refractivity contribution in [1.29, 1.82) is 0 Å². The number of halogens is 1. The van der Waals surface area contributed by atoms with Crippen LogP contribution in [0.15, 0.2) is 18.2 Å². The molecule has 0 amide bonds.